The fourth-order valence-electron chi connectivity index (χ4n) is 7.58. The van der Waals surface area contributed by atoms with Gasteiger partial charge in [0.25, 0.3) is 0 Å². The molecular formula is C45H35N11O2. The van der Waals surface area contributed by atoms with Gasteiger partial charge in [-0.1, -0.05) is 36.4 Å². The first-order valence-corrected chi connectivity index (χ1v) is 19.0. The number of hydrogen-bond acceptors (Lipinski definition) is 9. The Labute approximate surface area is 330 Å². The van der Waals surface area contributed by atoms with Gasteiger partial charge >= 0.3 is 0 Å². The van der Waals surface area contributed by atoms with E-state index in [1.165, 1.54) is 0 Å². The van der Waals surface area contributed by atoms with Crippen LogP contribution in [0.3, 0.4) is 0 Å². The molecule has 0 saturated heterocycles. The molecule has 0 radical (unpaired) electrons. The summed E-state index contributed by atoms with van der Waals surface area (Å²) in [5, 5.41) is 14.9. The van der Waals surface area contributed by atoms with Crippen molar-refractivity contribution < 1.29 is 9.59 Å². The van der Waals surface area contributed by atoms with E-state index in [1.54, 1.807) is 6.20 Å². The number of hydrogen-bond donors (Lipinski definition) is 4. The third-order valence-corrected chi connectivity index (χ3v) is 10.3. The number of rotatable bonds is 11. The lowest BCUT2D eigenvalue weighted by molar-refractivity contribution is 0.0976. The van der Waals surface area contributed by atoms with Crippen molar-refractivity contribution >= 4 is 55.4 Å². The number of fused-ring (bicyclic) bond motifs is 4. The Hall–Kier alpha value is -7.67. The molecule has 13 nitrogen and oxygen atoms in total. The molecule has 10 rings (SSSR count). The van der Waals surface area contributed by atoms with Gasteiger partial charge in [0.1, 0.15) is 0 Å². The minimum Gasteiger partial charge on any atom is -0.300 e. The van der Waals surface area contributed by atoms with Crippen LogP contribution >= 0.6 is 0 Å². The van der Waals surface area contributed by atoms with Crippen molar-refractivity contribution in [3.05, 3.63) is 149 Å². The van der Waals surface area contributed by atoms with E-state index in [4.69, 9.17) is 9.97 Å². The Bertz CT molecular complexity index is 3210. The summed E-state index contributed by atoms with van der Waals surface area (Å²) in [4.78, 5) is 58.8. The average Bonchev–Trinajstić information content (AvgIpc) is 4.03. The van der Waals surface area contributed by atoms with Gasteiger partial charge in [0, 0.05) is 63.0 Å². The van der Waals surface area contributed by atoms with Crippen molar-refractivity contribution in [1.29, 1.82) is 0 Å². The summed E-state index contributed by atoms with van der Waals surface area (Å²) in [5.41, 5.74) is 13.3. The van der Waals surface area contributed by atoms with Gasteiger partial charge in [0.2, 0.25) is 11.6 Å². The molecule has 4 N–H and O–H groups in total. The Morgan fingerprint density at radius 1 is 0.500 bits per heavy atom. The van der Waals surface area contributed by atoms with Gasteiger partial charge in [-0.15, -0.1) is 0 Å². The molecule has 0 atom stereocenters. The number of aromatic nitrogens is 11. The van der Waals surface area contributed by atoms with Crippen molar-refractivity contribution in [3.8, 4) is 22.5 Å². The minimum absolute atomic E-state index is 0.0876. The number of aryl methyl sites for hydroxylation is 4. The van der Waals surface area contributed by atoms with E-state index in [1.807, 2.05) is 105 Å². The van der Waals surface area contributed by atoms with Gasteiger partial charge in [0.05, 0.1) is 50.9 Å². The zero-order valence-corrected chi connectivity index (χ0v) is 31.6. The van der Waals surface area contributed by atoms with E-state index in [2.05, 4.69) is 51.4 Å². The number of imidazole rings is 2. The lowest BCUT2D eigenvalue weighted by Crippen LogP contribution is -2.08. The zero-order chi connectivity index (χ0) is 39.3. The van der Waals surface area contributed by atoms with E-state index in [9.17, 15) is 9.59 Å². The highest BCUT2D eigenvalue weighted by Crippen LogP contribution is 2.32. The lowest BCUT2D eigenvalue weighted by Gasteiger charge is -2.07. The van der Waals surface area contributed by atoms with Crippen LogP contribution in [0.2, 0.25) is 0 Å². The molecule has 0 bridgehead atoms. The predicted octanol–water partition coefficient (Wildman–Crippen LogP) is 7.96. The Morgan fingerprint density at radius 3 is 1.76 bits per heavy atom. The fraction of sp³-hybridized carbons (Fsp3) is 0.133. The molecule has 0 aliphatic carbocycles. The third kappa shape index (κ3) is 6.68. The summed E-state index contributed by atoms with van der Waals surface area (Å²) >= 11 is 0. The second-order valence-corrected chi connectivity index (χ2v) is 14.6. The van der Waals surface area contributed by atoms with E-state index >= 15 is 0 Å². The van der Waals surface area contributed by atoms with E-state index < -0.39 is 0 Å². The number of carbonyl (C=O) groups excluding carboxylic acids is 2. The molecule has 0 amide bonds. The van der Waals surface area contributed by atoms with Crippen LogP contribution in [-0.2, 0) is 25.7 Å². The van der Waals surface area contributed by atoms with Crippen molar-refractivity contribution in [2.75, 3.05) is 0 Å². The van der Waals surface area contributed by atoms with Crippen molar-refractivity contribution in [1.82, 2.24) is 55.3 Å². The van der Waals surface area contributed by atoms with Crippen molar-refractivity contribution in [2.45, 2.75) is 39.5 Å². The standard InChI is InChI=1S/C45H35N11O2/c1-24-15-27(13-14-46-24)42-32-20-36-39(22-34(32)53-55-42)52-45(50-36)41(58)19-30-10-6-9-29(48-30)11-12-31-18-28(16-25(2)47-31)43-33-21-37-38(23-35(33)54-56-43)51-44(49-37)40(57)17-26-7-4-3-5-8-26/h3-10,13-16,18,20-23,53-56H,11-12,17,19H2,1-2H3. The van der Waals surface area contributed by atoms with Crippen LogP contribution in [0.4, 0.5) is 0 Å². The first-order chi connectivity index (χ1) is 28.3. The molecular weight excluding hydrogens is 727 g/mol. The van der Waals surface area contributed by atoms with Gasteiger partial charge in [0.15, 0.2) is 11.6 Å². The number of benzene rings is 3. The number of Topliss-reactive ketones (excluding diaryl/α,β-unsaturated/α-hetero) is 2. The molecule has 13 heteroatoms. The van der Waals surface area contributed by atoms with Gasteiger partial charge in [-0.05, 0) is 92.9 Å². The summed E-state index contributed by atoms with van der Waals surface area (Å²) < 4.78 is 0. The smallest absolute Gasteiger partial charge is 0.206 e. The monoisotopic (exact) mass is 761 g/mol. The molecule has 3 aromatic carbocycles. The van der Waals surface area contributed by atoms with Crippen molar-refractivity contribution in [3.63, 3.8) is 0 Å². The number of pyridine rings is 3. The van der Waals surface area contributed by atoms with Gasteiger partial charge < -0.3 is 10.2 Å². The highest BCUT2D eigenvalue weighted by Gasteiger charge is 2.19. The molecule has 282 valence electrons. The summed E-state index contributed by atoms with van der Waals surface area (Å²) in [7, 11) is 0. The molecule has 0 unspecified atom stereocenters. The zero-order valence-electron chi connectivity index (χ0n) is 31.6. The SMILES string of the molecule is Cc1cc(-c2[nH][nH]c3cc4nc(C(=O)Cc5cccc(CCc6cc(-c7[nH][nH]c8cc9nc(C(=O)Cc%10ccccc%10)nc9cc78)cc(C)n6)n5)nc4cc23)ccn1. The summed E-state index contributed by atoms with van der Waals surface area (Å²) in [6, 6.07) is 31.2. The van der Waals surface area contributed by atoms with Crippen LogP contribution in [0.25, 0.3) is 66.4 Å². The van der Waals surface area contributed by atoms with Crippen LogP contribution < -0.4 is 0 Å². The molecule has 0 aliphatic heterocycles. The second kappa shape index (κ2) is 14.1. The van der Waals surface area contributed by atoms with Crippen LogP contribution in [0.5, 0.6) is 0 Å². The summed E-state index contributed by atoms with van der Waals surface area (Å²) in [6.45, 7) is 3.94. The Kier molecular flexibility index (Phi) is 8.47. The van der Waals surface area contributed by atoms with Gasteiger partial charge in [-0.3, -0.25) is 34.7 Å². The molecule has 0 saturated carbocycles. The third-order valence-electron chi connectivity index (χ3n) is 10.3. The maximum Gasteiger partial charge on any atom is 0.206 e. The number of aromatic amines is 4. The normalized spacial score (nSPS) is 11.7. The summed E-state index contributed by atoms with van der Waals surface area (Å²) in [5.74, 6) is 0.0834. The second-order valence-electron chi connectivity index (χ2n) is 14.6. The van der Waals surface area contributed by atoms with Crippen LogP contribution in [0.15, 0.2) is 103 Å². The number of carbonyl (C=O) groups is 2. The average molecular weight is 762 g/mol. The first kappa shape index (κ1) is 34.8. The van der Waals surface area contributed by atoms with E-state index in [-0.39, 0.29) is 36.1 Å². The summed E-state index contributed by atoms with van der Waals surface area (Å²) in [6.07, 6.45) is 3.41. The van der Waals surface area contributed by atoms with Crippen molar-refractivity contribution in [2.24, 2.45) is 0 Å². The molecule has 7 aromatic heterocycles. The molecule has 7 heterocycles. The number of H-pyrrole nitrogens is 4. The number of nitrogens with zero attached hydrogens (tertiary/aromatic N) is 7. The fourth-order valence-corrected chi connectivity index (χ4v) is 7.58. The molecule has 58 heavy (non-hydrogen) atoms. The quantitative estimate of drug-likeness (QED) is 0.0948. The maximum atomic E-state index is 13.5. The van der Waals surface area contributed by atoms with Crippen LogP contribution in [-0.4, -0.2) is 66.8 Å². The first-order valence-electron chi connectivity index (χ1n) is 19.0. The Balaban J connectivity index is 0.839. The molecule has 0 spiro atoms. The highest BCUT2D eigenvalue weighted by molar-refractivity contribution is 6.04. The largest absolute Gasteiger partial charge is 0.300 e. The number of nitrogens with one attached hydrogen (secondary N) is 4. The molecule has 0 fully saturated rings. The topological polar surface area (TPSA) is 188 Å². The van der Waals surface area contributed by atoms with Gasteiger partial charge in [-0.2, -0.15) is 0 Å². The highest BCUT2D eigenvalue weighted by atomic mass is 16.1. The number of ketones is 2. The molecule has 0 aliphatic rings. The predicted molar refractivity (Wildman–Crippen MR) is 222 cm³/mol. The van der Waals surface area contributed by atoms with Crippen LogP contribution in [0, 0.1) is 13.8 Å². The van der Waals surface area contributed by atoms with Crippen LogP contribution in [0.1, 0.15) is 55.3 Å². The minimum atomic E-state index is -0.193. The lowest BCUT2D eigenvalue weighted by atomic mass is 10.0. The van der Waals surface area contributed by atoms with E-state index in [0.717, 1.165) is 72.7 Å². The molecule has 10 aromatic rings. The van der Waals surface area contributed by atoms with E-state index in [0.29, 0.717) is 40.6 Å². The maximum absolute atomic E-state index is 13.5. The Morgan fingerprint density at radius 2 is 1.09 bits per heavy atom. The van der Waals surface area contributed by atoms with Gasteiger partial charge in [-0.25, -0.2) is 19.9 Å².